The van der Waals surface area contributed by atoms with E-state index in [-0.39, 0.29) is 0 Å². The Balaban J connectivity index is 2.11. The molecule has 94 valence electrons. The van der Waals surface area contributed by atoms with Crippen LogP contribution in [0, 0.1) is 0 Å². The minimum absolute atomic E-state index is 0.318. The fourth-order valence-electron chi connectivity index (χ4n) is 1.47. The van der Waals surface area contributed by atoms with Crippen LogP contribution in [0.15, 0.2) is 36.4 Å². The van der Waals surface area contributed by atoms with Gasteiger partial charge in [0.05, 0.1) is 15.7 Å². The van der Waals surface area contributed by atoms with Gasteiger partial charge >= 0.3 is 0 Å². The van der Waals surface area contributed by atoms with Crippen LogP contribution in [0.3, 0.4) is 0 Å². The molecule has 0 aliphatic heterocycles. The van der Waals surface area contributed by atoms with Gasteiger partial charge in [-0.15, -0.1) is 0 Å². The van der Waals surface area contributed by atoms with Crippen molar-refractivity contribution in [3.05, 3.63) is 52.1 Å². The first-order valence-corrected chi connectivity index (χ1v) is 6.17. The van der Waals surface area contributed by atoms with Gasteiger partial charge in [0.1, 0.15) is 12.4 Å². The van der Waals surface area contributed by atoms with Gasteiger partial charge in [-0.25, -0.2) is 4.98 Å². The third kappa shape index (κ3) is 3.06. The number of nitrogens with zero attached hydrogens (tertiary/aromatic N) is 1. The standard InChI is InChI=1S/C13H12Cl2N2O/c1-16-12-7-2-4-9(17-12)8-18-13-10(14)5-3-6-11(13)15/h2-7H,8H2,1H3,(H,16,17). The number of pyridine rings is 1. The minimum Gasteiger partial charge on any atom is -0.484 e. The molecule has 0 saturated carbocycles. The van der Waals surface area contributed by atoms with Crippen LogP contribution >= 0.6 is 23.2 Å². The van der Waals surface area contributed by atoms with E-state index in [1.165, 1.54) is 0 Å². The van der Waals surface area contributed by atoms with E-state index in [2.05, 4.69) is 10.3 Å². The van der Waals surface area contributed by atoms with Gasteiger partial charge in [-0.1, -0.05) is 35.3 Å². The predicted molar refractivity (Wildman–Crippen MR) is 74.6 cm³/mol. The van der Waals surface area contributed by atoms with E-state index in [4.69, 9.17) is 27.9 Å². The quantitative estimate of drug-likeness (QED) is 0.920. The van der Waals surface area contributed by atoms with Crippen molar-refractivity contribution in [2.45, 2.75) is 6.61 Å². The molecule has 0 unspecified atom stereocenters. The maximum atomic E-state index is 6.01. The fraction of sp³-hybridized carbons (Fsp3) is 0.154. The van der Waals surface area contributed by atoms with Crippen molar-refractivity contribution in [3.63, 3.8) is 0 Å². The topological polar surface area (TPSA) is 34.1 Å². The number of aromatic nitrogens is 1. The molecule has 0 spiro atoms. The molecule has 0 radical (unpaired) electrons. The molecule has 1 aromatic heterocycles. The van der Waals surface area contributed by atoms with Crippen molar-refractivity contribution in [3.8, 4) is 5.75 Å². The highest BCUT2D eigenvalue weighted by atomic mass is 35.5. The zero-order valence-corrected chi connectivity index (χ0v) is 11.3. The number of ether oxygens (including phenoxy) is 1. The van der Waals surface area contributed by atoms with Crippen molar-refractivity contribution >= 4 is 29.0 Å². The summed E-state index contributed by atoms with van der Waals surface area (Å²) >= 11 is 12.0. The third-order valence-electron chi connectivity index (χ3n) is 2.35. The lowest BCUT2D eigenvalue weighted by molar-refractivity contribution is 0.302. The molecule has 0 aliphatic carbocycles. The van der Waals surface area contributed by atoms with E-state index < -0.39 is 0 Å². The Morgan fingerprint density at radius 2 is 1.78 bits per heavy atom. The molecule has 0 amide bonds. The summed E-state index contributed by atoms with van der Waals surface area (Å²) in [5.74, 6) is 1.28. The van der Waals surface area contributed by atoms with Gasteiger partial charge in [0, 0.05) is 7.05 Å². The summed E-state index contributed by atoms with van der Waals surface area (Å²) in [6, 6.07) is 10.9. The van der Waals surface area contributed by atoms with Gasteiger partial charge in [0.2, 0.25) is 0 Å². The Hall–Kier alpha value is -1.45. The third-order valence-corrected chi connectivity index (χ3v) is 2.94. The Morgan fingerprint density at radius 1 is 1.11 bits per heavy atom. The second-order valence-corrected chi connectivity index (χ2v) is 4.42. The summed E-state index contributed by atoms with van der Waals surface area (Å²) in [6.45, 7) is 0.318. The zero-order chi connectivity index (χ0) is 13.0. The highest BCUT2D eigenvalue weighted by Crippen LogP contribution is 2.32. The molecule has 0 atom stereocenters. The second kappa shape index (κ2) is 5.94. The molecule has 18 heavy (non-hydrogen) atoms. The summed E-state index contributed by atoms with van der Waals surface area (Å²) in [5.41, 5.74) is 0.804. The van der Waals surface area contributed by atoms with Crippen LogP contribution in [-0.4, -0.2) is 12.0 Å². The molecule has 0 bridgehead atoms. The van der Waals surface area contributed by atoms with E-state index in [9.17, 15) is 0 Å². The lowest BCUT2D eigenvalue weighted by atomic mass is 10.3. The summed E-state index contributed by atoms with van der Waals surface area (Å²) in [5, 5.41) is 3.96. The number of para-hydroxylation sites is 1. The van der Waals surface area contributed by atoms with Gasteiger partial charge in [-0.2, -0.15) is 0 Å². The van der Waals surface area contributed by atoms with E-state index >= 15 is 0 Å². The van der Waals surface area contributed by atoms with Crippen molar-refractivity contribution in [1.82, 2.24) is 4.98 Å². The first-order valence-electron chi connectivity index (χ1n) is 5.41. The number of benzene rings is 1. The maximum Gasteiger partial charge on any atom is 0.157 e. The lowest BCUT2D eigenvalue weighted by Crippen LogP contribution is -2.01. The van der Waals surface area contributed by atoms with Gasteiger partial charge < -0.3 is 10.1 Å². The Morgan fingerprint density at radius 3 is 2.44 bits per heavy atom. The number of anilines is 1. The first kappa shape index (κ1) is 13.0. The average Bonchev–Trinajstić information content (AvgIpc) is 2.38. The minimum atomic E-state index is 0.318. The molecule has 5 heteroatoms. The number of hydrogen-bond acceptors (Lipinski definition) is 3. The number of rotatable bonds is 4. The molecule has 1 aromatic carbocycles. The fourth-order valence-corrected chi connectivity index (χ4v) is 1.97. The Labute approximate surface area is 116 Å². The van der Waals surface area contributed by atoms with Crippen molar-refractivity contribution in [1.29, 1.82) is 0 Å². The van der Waals surface area contributed by atoms with Gasteiger partial charge in [-0.3, -0.25) is 0 Å². The van der Waals surface area contributed by atoms with E-state index in [0.717, 1.165) is 11.5 Å². The highest BCUT2D eigenvalue weighted by Gasteiger charge is 2.07. The molecule has 1 heterocycles. The zero-order valence-electron chi connectivity index (χ0n) is 9.78. The molecule has 2 aromatic rings. The molecule has 0 aliphatic rings. The van der Waals surface area contributed by atoms with Gasteiger partial charge in [-0.05, 0) is 24.3 Å². The molecular formula is C13H12Cl2N2O. The molecule has 0 fully saturated rings. The van der Waals surface area contributed by atoms with Crippen molar-refractivity contribution < 1.29 is 4.74 Å². The SMILES string of the molecule is CNc1cccc(COc2c(Cl)cccc2Cl)n1. The molecule has 1 N–H and O–H groups in total. The number of hydrogen-bond donors (Lipinski definition) is 1. The van der Waals surface area contributed by atoms with Gasteiger partial charge in [0.25, 0.3) is 0 Å². The smallest absolute Gasteiger partial charge is 0.157 e. The molecule has 0 saturated heterocycles. The average molecular weight is 283 g/mol. The largest absolute Gasteiger partial charge is 0.484 e. The van der Waals surface area contributed by atoms with Crippen LogP contribution in [0.4, 0.5) is 5.82 Å². The molecular weight excluding hydrogens is 271 g/mol. The van der Waals surface area contributed by atoms with E-state index in [1.807, 2.05) is 25.2 Å². The highest BCUT2D eigenvalue weighted by molar-refractivity contribution is 6.37. The van der Waals surface area contributed by atoms with Crippen LogP contribution in [0.25, 0.3) is 0 Å². The van der Waals surface area contributed by atoms with E-state index in [0.29, 0.717) is 22.4 Å². The summed E-state index contributed by atoms with van der Waals surface area (Å²) in [6.07, 6.45) is 0. The second-order valence-electron chi connectivity index (χ2n) is 3.60. The Kier molecular flexibility index (Phi) is 4.28. The summed E-state index contributed by atoms with van der Waals surface area (Å²) in [4.78, 5) is 4.34. The monoisotopic (exact) mass is 282 g/mol. The van der Waals surface area contributed by atoms with Crippen LogP contribution in [0.2, 0.25) is 10.0 Å². The van der Waals surface area contributed by atoms with Crippen LogP contribution in [-0.2, 0) is 6.61 Å². The molecule has 2 rings (SSSR count). The number of halogens is 2. The first-order chi connectivity index (χ1) is 8.70. The normalized spacial score (nSPS) is 10.2. The number of nitrogens with one attached hydrogen (secondary N) is 1. The van der Waals surface area contributed by atoms with Gasteiger partial charge in [0.15, 0.2) is 5.75 Å². The van der Waals surface area contributed by atoms with Crippen LogP contribution in [0.1, 0.15) is 5.69 Å². The van der Waals surface area contributed by atoms with Crippen molar-refractivity contribution in [2.75, 3.05) is 12.4 Å². The molecule has 3 nitrogen and oxygen atoms in total. The Bertz CT molecular complexity index is 526. The lowest BCUT2D eigenvalue weighted by Gasteiger charge is -2.09. The van der Waals surface area contributed by atoms with Crippen molar-refractivity contribution in [2.24, 2.45) is 0 Å². The predicted octanol–water partition coefficient (Wildman–Crippen LogP) is 4.01. The van der Waals surface area contributed by atoms with Crippen LogP contribution in [0.5, 0.6) is 5.75 Å². The van der Waals surface area contributed by atoms with Crippen LogP contribution < -0.4 is 10.1 Å². The maximum absolute atomic E-state index is 6.01. The van der Waals surface area contributed by atoms with E-state index in [1.54, 1.807) is 18.2 Å². The summed E-state index contributed by atoms with van der Waals surface area (Å²) < 4.78 is 5.60. The summed E-state index contributed by atoms with van der Waals surface area (Å²) in [7, 11) is 1.82.